The standard InChI is InChI=1S/C62H42N4O/c1-3-39(2)59-63-60(42-23-11-6-12-24-42)65-61(64-59)49-29-17-27-47-48-28-18-32-56(58(48)67-57(47)49)66-54-35-33-43(40-19-7-4-8-20-40)37-52(54)62(50-30-15-13-25-45(50)46-26-14-16-31-51(46)62)53-38-44(34-36-55(53)66)41-21-9-5-10-22-41/h3-38,61H,1-2H2,(H,63,64,65). The summed E-state index contributed by atoms with van der Waals surface area (Å²) in [5.41, 5.74) is 18.6. The molecule has 0 saturated carbocycles. The molecule has 316 valence electrons. The molecular weight excluding hydrogens is 817 g/mol. The smallest absolute Gasteiger partial charge is 0.173 e. The topological polar surface area (TPSA) is 53.1 Å². The number of para-hydroxylation sites is 2. The van der Waals surface area contributed by atoms with Gasteiger partial charge in [0.15, 0.2) is 11.7 Å². The van der Waals surface area contributed by atoms with Crippen LogP contribution in [0.5, 0.6) is 0 Å². The molecule has 0 radical (unpaired) electrons. The Bertz CT molecular complexity index is 3580. The van der Waals surface area contributed by atoms with Gasteiger partial charge in [0, 0.05) is 27.5 Å². The zero-order chi connectivity index (χ0) is 44.6. The molecule has 67 heavy (non-hydrogen) atoms. The van der Waals surface area contributed by atoms with Crippen LogP contribution in [0.25, 0.3) is 55.3 Å². The molecule has 0 bridgehead atoms. The minimum atomic E-state index is -0.645. The van der Waals surface area contributed by atoms with Crippen LogP contribution in [0.15, 0.2) is 252 Å². The lowest BCUT2D eigenvalue weighted by molar-refractivity contribution is 0.648. The van der Waals surface area contributed by atoms with Crippen molar-refractivity contribution >= 4 is 50.7 Å². The monoisotopic (exact) mass is 858 g/mol. The quantitative estimate of drug-likeness (QED) is 0.162. The van der Waals surface area contributed by atoms with Crippen molar-refractivity contribution in [3.05, 3.63) is 271 Å². The molecule has 3 heterocycles. The average Bonchev–Trinajstić information content (AvgIpc) is 3.94. The van der Waals surface area contributed by atoms with E-state index in [2.05, 4.69) is 205 Å². The van der Waals surface area contributed by atoms with Crippen molar-refractivity contribution in [2.24, 2.45) is 9.98 Å². The summed E-state index contributed by atoms with van der Waals surface area (Å²) in [7, 11) is 0. The van der Waals surface area contributed by atoms with Gasteiger partial charge in [0.25, 0.3) is 0 Å². The number of amidine groups is 2. The number of nitrogens with zero attached hydrogens (tertiary/aromatic N) is 3. The number of hydrogen-bond acceptors (Lipinski definition) is 5. The van der Waals surface area contributed by atoms with Gasteiger partial charge in [0.05, 0.1) is 22.5 Å². The third-order valence-electron chi connectivity index (χ3n) is 13.8. The highest BCUT2D eigenvalue weighted by atomic mass is 16.3. The minimum Gasteiger partial charge on any atom is -0.453 e. The third kappa shape index (κ3) is 5.81. The number of nitrogens with one attached hydrogen (secondary N) is 1. The number of fused-ring (bicyclic) bond motifs is 12. The van der Waals surface area contributed by atoms with E-state index in [4.69, 9.17) is 14.4 Å². The minimum absolute atomic E-state index is 0.595. The molecule has 0 amide bonds. The van der Waals surface area contributed by atoms with Gasteiger partial charge in [-0.25, -0.2) is 9.98 Å². The van der Waals surface area contributed by atoms with Gasteiger partial charge < -0.3 is 14.6 Å². The van der Waals surface area contributed by atoms with Crippen molar-refractivity contribution in [1.29, 1.82) is 0 Å². The molecule has 5 heteroatoms. The van der Waals surface area contributed by atoms with E-state index in [1.54, 1.807) is 6.08 Å². The molecule has 0 fully saturated rings. The maximum atomic E-state index is 7.29. The Kier molecular flexibility index (Phi) is 8.74. The van der Waals surface area contributed by atoms with Gasteiger partial charge in [0.1, 0.15) is 17.3 Å². The molecule has 5 nitrogen and oxygen atoms in total. The lowest BCUT2D eigenvalue weighted by Crippen LogP contribution is -2.36. The predicted molar refractivity (Wildman–Crippen MR) is 276 cm³/mol. The van der Waals surface area contributed by atoms with E-state index < -0.39 is 11.6 Å². The molecule has 1 aliphatic carbocycles. The predicted octanol–water partition coefficient (Wildman–Crippen LogP) is 15.3. The Balaban J connectivity index is 1.09. The van der Waals surface area contributed by atoms with Gasteiger partial charge in [-0.3, -0.25) is 0 Å². The summed E-state index contributed by atoms with van der Waals surface area (Å²) in [6, 6.07) is 76.5. The van der Waals surface area contributed by atoms with Gasteiger partial charge in [-0.15, -0.1) is 0 Å². The number of furan rings is 1. The fraction of sp³-hybridized carbons (Fsp3) is 0.0323. The lowest BCUT2D eigenvalue weighted by Gasteiger charge is -2.45. The van der Waals surface area contributed by atoms with Crippen LogP contribution in [0.3, 0.4) is 0 Å². The highest BCUT2D eigenvalue weighted by molar-refractivity contribution is 6.17. The molecule has 1 spiro atoms. The molecular formula is C62H42N4O. The maximum Gasteiger partial charge on any atom is 0.173 e. The molecule has 1 atom stereocenters. The fourth-order valence-corrected chi connectivity index (χ4v) is 10.8. The van der Waals surface area contributed by atoms with E-state index in [1.807, 2.05) is 30.3 Å². The van der Waals surface area contributed by atoms with Gasteiger partial charge >= 0.3 is 0 Å². The van der Waals surface area contributed by atoms with Crippen LogP contribution in [-0.4, -0.2) is 11.7 Å². The summed E-state index contributed by atoms with van der Waals surface area (Å²) in [6.45, 7) is 8.25. The first-order valence-corrected chi connectivity index (χ1v) is 22.7. The number of benzene rings is 9. The third-order valence-corrected chi connectivity index (χ3v) is 13.8. The SMILES string of the molecule is C=CC(=C)C1=NC(c2cccc3c2oc2c(N4c5ccc(-c6ccccc6)cc5C5(c6ccccc6-c6ccccc65)c5cc(-c6ccccc6)ccc54)cccc23)N=C(c2ccccc2)N1. The second kappa shape index (κ2) is 15.2. The van der Waals surface area contributed by atoms with E-state index in [0.717, 1.165) is 61.3 Å². The number of hydrogen-bond donors (Lipinski definition) is 1. The summed E-state index contributed by atoms with van der Waals surface area (Å²) in [4.78, 5) is 12.7. The van der Waals surface area contributed by atoms with Crippen molar-refractivity contribution in [2.75, 3.05) is 4.90 Å². The van der Waals surface area contributed by atoms with Crippen molar-refractivity contribution in [2.45, 2.75) is 11.6 Å². The summed E-state index contributed by atoms with van der Waals surface area (Å²) >= 11 is 0. The van der Waals surface area contributed by atoms with Crippen LogP contribution >= 0.6 is 0 Å². The van der Waals surface area contributed by atoms with Gasteiger partial charge in [-0.2, -0.15) is 0 Å². The Morgan fingerprint density at radius 1 is 0.493 bits per heavy atom. The second-order valence-electron chi connectivity index (χ2n) is 17.4. The lowest BCUT2D eigenvalue weighted by atomic mass is 9.64. The van der Waals surface area contributed by atoms with Crippen LogP contribution in [0.4, 0.5) is 17.1 Å². The maximum absolute atomic E-state index is 7.29. The summed E-state index contributed by atoms with van der Waals surface area (Å²) in [5.74, 6) is 1.33. The Labute approximate surface area is 389 Å². The number of anilines is 3. The summed E-state index contributed by atoms with van der Waals surface area (Å²) in [6.07, 6.45) is 1.12. The van der Waals surface area contributed by atoms with E-state index in [0.29, 0.717) is 17.2 Å². The van der Waals surface area contributed by atoms with Crippen LogP contribution in [-0.2, 0) is 5.41 Å². The average molecular weight is 859 g/mol. The molecule has 9 aromatic carbocycles. The fourth-order valence-electron chi connectivity index (χ4n) is 10.8. The molecule has 2 aliphatic heterocycles. The van der Waals surface area contributed by atoms with Gasteiger partial charge in [0.2, 0.25) is 0 Å². The van der Waals surface area contributed by atoms with E-state index in [-0.39, 0.29) is 0 Å². The van der Waals surface area contributed by atoms with E-state index >= 15 is 0 Å². The molecule has 3 aliphatic rings. The molecule has 1 aromatic heterocycles. The van der Waals surface area contributed by atoms with Crippen LogP contribution in [0.2, 0.25) is 0 Å². The first kappa shape index (κ1) is 38.6. The molecule has 10 aromatic rings. The van der Waals surface area contributed by atoms with Gasteiger partial charge in [-0.05, 0) is 86.0 Å². The number of rotatable bonds is 7. The van der Waals surface area contributed by atoms with Crippen LogP contribution < -0.4 is 10.2 Å². The largest absolute Gasteiger partial charge is 0.453 e. The van der Waals surface area contributed by atoms with E-state index in [9.17, 15) is 0 Å². The zero-order valence-electron chi connectivity index (χ0n) is 36.5. The normalized spacial score (nSPS) is 15.2. The summed E-state index contributed by atoms with van der Waals surface area (Å²) < 4.78 is 7.29. The van der Waals surface area contributed by atoms with Crippen molar-refractivity contribution in [3.63, 3.8) is 0 Å². The van der Waals surface area contributed by atoms with Crippen LogP contribution in [0.1, 0.15) is 39.5 Å². The molecule has 1 N–H and O–H groups in total. The Morgan fingerprint density at radius 3 is 1.60 bits per heavy atom. The highest BCUT2D eigenvalue weighted by Crippen LogP contribution is 2.64. The van der Waals surface area contributed by atoms with Crippen molar-refractivity contribution < 1.29 is 4.42 Å². The molecule has 13 rings (SSSR count). The van der Waals surface area contributed by atoms with Crippen LogP contribution in [0, 0.1) is 0 Å². The highest BCUT2D eigenvalue weighted by Gasteiger charge is 2.52. The number of aliphatic imine (C=N–C) groups is 2. The molecule has 1 unspecified atom stereocenters. The zero-order valence-corrected chi connectivity index (χ0v) is 36.5. The van der Waals surface area contributed by atoms with Gasteiger partial charge in [-0.1, -0.05) is 201 Å². The Morgan fingerprint density at radius 2 is 1.01 bits per heavy atom. The van der Waals surface area contributed by atoms with Crippen molar-refractivity contribution in [1.82, 2.24) is 5.32 Å². The van der Waals surface area contributed by atoms with Crippen molar-refractivity contribution in [3.8, 4) is 33.4 Å². The molecule has 0 saturated heterocycles. The van der Waals surface area contributed by atoms with E-state index in [1.165, 1.54) is 44.5 Å². The Hall–Kier alpha value is -8.80. The summed E-state index contributed by atoms with van der Waals surface area (Å²) in [5, 5.41) is 5.43. The first-order valence-electron chi connectivity index (χ1n) is 22.7. The second-order valence-corrected chi connectivity index (χ2v) is 17.4. The first-order chi connectivity index (χ1) is 33.1.